The minimum atomic E-state index is 0. The van der Waals surface area contributed by atoms with Gasteiger partial charge in [0.25, 0.3) is 0 Å². The number of ether oxygens (including phenoxy) is 1. The van der Waals surface area contributed by atoms with Gasteiger partial charge in [0.1, 0.15) is 0 Å². The van der Waals surface area contributed by atoms with Gasteiger partial charge in [0.2, 0.25) is 0 Å². The van der Waals surface area contributed by atoms with E-state index in [-0.39, 0.29) is 24.0 Å². The third kappa shape index (κ3) is 7.23. The fraction of sp³-hybridized carbons (Fsp3) is 0.765. The number of hydrogen-bond acceptors (Lipinski definition) is 4. The van der Waals surface area contributed by atoms with Crippen LogP contribution in [0.3, 0.4) is 0 Å². The van der Waals surface area contributed by atoms with Crippen molar-refractivity contribution in [2.45, 2.75) is 39.5 Å². The summed E-state index contributed by atoms with van der Waals surface area (Å²) in [5.74, 6) is 1.75. The highest BCUT2D eigenvalue weighted by Gasteiger charge is 2.21. The van der Waals surface area contributed by atoms with Crippen LogP contribution in [0.15, 0.2) is 4.99 Å². The van der Waals surface area contributed by atoms with Crippen LogP contribution in [0.4, 0.5) is 0 Å². The van der Waals surface area contributed by atoms with Crippen molar-refractivity contribution in [1.29, 1.82) is 0 Å². The van der Waals surface area contributed by atoms with Crippen LogP contribution in [0.1, 0.15) is 35.3 Å². The fourth-order valence-corrected chi connectivity index (χ4v) is 3.45. The minimum absolute atomic E-state index is 0. The first-order chi connectivity index (χ1) is 11.1. The summed E-state index contributed by atoms with van der Waals surface area (Å²) in [5, 5.41) is 4.62. The van der Waals surface area contributed by atoms with Crippen LogP contribution >= 0.6 is 35.3 Å². The van der Waals surface area contributed by atoms with E-state index in [1.54, 1.807) is 0 Å². The zero-order chi connectivity index (χ0) is 16.7. The number of aromatic nitrogens is 1. The van der Waals surface area contributed by atoms with E-state index >= 15 is 0 Å². The van der Waals surface area contributed by atoms with Gasteiger partial charge in [-0.25, -0.2) is 4.98 Å². The molecule has 0 aliphatic heterocycles. The first kappa shape index (κ1) is 21.6. The molecular weight excluding hydrogens is 435 g/mol. The summed E-state index contributed by atoms with van der Waals surface area (Å²) in [4.78, 5) is 12.5. The molecule has 1 aromatic heterocycles. The molecule has 1 aliphatic carbocycles. The van der Waals surface area contributed by atoms with Crippen LogP contribution in [-0.4, -0.2) is 56.2 Å². The van der Waals surface area contributed by atoms with Gasteiger partial charge in [-0.3, -0.25) is 4.99 Å². The molecule has 0 aromatic carbocycles. The van der Waals surface area contributed by atoms with Gasteiger partial charge >= 0.3 is 0 Å². The maximum Gasteiger partial charge on any atom is 0.193 e. The maximum absolute atomic E-state index is 5.69. The second-order valence-corrected chi connectivity index (χ2v) is 7.42. The molecule has 2 rings (SSSR count). The predicted octanol–water partition coefficient (Wildman–Crippen LogP) is 3.11. The van der Waals surface area contributed by atoms with Gasteiger partial charge in [0.05, 0.1) is 17.3 Å². The number of aryl methyl sites for hydroxylation is 2. The van der Waals surface area contributed by atoms with E-state index in [1.807, 2.05) is 18.4 Å². The van der Waals surface area contributed by atoms with Crippen LogP contribution in [-0.2, 0) is 17.6 Å². The molecule has 138 valence electrons. The topological polar surface area (TPSA) is 49.8 Å². The Balaban J connectivity index is 0.00000288. The molecule has 5 nitrogen and oxygen atoms in total. The lowest BCUT2D eigenvalue weighted by atomic mass is 10.3. The predicted molar refractivity (Wildman–Crippen MR) is 113 cm³/mol. The van der Waals surface area contributed by atoms with Gasteiger partial charge in [-0.05, 0) is 32.1 Å². The van der Waals surface area contributed by atoms with E-state index in [0.29, 0.717) is 0 Å². The summed E-state index contributed by atoms with van der Waals surface area (Å²) in [7, 11) is 3.88. The summed E-state index contributed by atoms with van der Waals surface area (Å²) in [5.41, 5.74) is 1.24. The molecule has 0 amide bonds. The van der Waals surface area contributed by atoms with Gasteiger partial charge in [-0.15, -0.1) is 35.3 Å². The second-order valence-electron chi connectivity index (χ2n) is 6.13. The number of nitrogens with zero attached hydrogens (tertiary/aromatic N) is 3. The van der Waals surface area contributed by atoms with E-state index in [0.717, 1.165) is 51.0 Å². The number of thiazole rings is 1. The van der Waals surface area contributed by atoms with Crippen LogP contribution in [0.5, 0.6) is 0 Å². The summed E-state index contributed by atoms with van der Waals surface area (Å²) in [6, 6.07) is 0. The van der Waals surface area contributed by atoms with E-state index < -0.39 is 0 Å². The Kier molecular flexibility index (Phi) is 10.1. The molecule has 7 heteroatoms. The summed E-state index contributed by atoms with van der Waals surface area (Å²) in [6.45, 7) is 7.72. The normalized spacial score (nSPS) is 14.4. The first-order valence-electron chi connectivity index (χ1n) is 8.58. The van der Waals surface area contributed by atoms with E-state index in [2.05, 4.69) is 41.1 Å². The maximum atomic E-state index is 5.69. The Morgan fingerprint density at radius 3 is 2.79 bits per heavy atom. The van der Waals surface area contributed by atoms with Gasteiger partial charge in [0.15, 0.2) is 5.96 Å². The quantitative estimate of drug-likeness (QED) is 0.263. The zero-order valence-corrected chi connectivity index (χ0v) is 18.4. The Bertz CT molecular complexity index is 517. The van der Waals surface area contributed by atoms with Crippen molar-refractivity contribution in [2.75, 3.05) is 40.4 Å². The van der Waals surface area contributed by atoms with E-state index in [9.17, 15) is 0 Å². The lowest BCUT2D eigenvalue weighted by Crippen LogP contribution is -2.41. The molecule has 1 aliphatic rings. The smallest absolute Gasteiger partial charge is 0.193 e. The lowest BCUT2D eigenvalue weighted by Gasteiger charge is -2.21. The van der Waals surface area contributed by atoms with Crippen molar-refractivity contribution in [3.63, 3.8) is 0 Å². The number of likely N-dealkylation sites (N-methyl/N-ethyl adjacent to an activating group) is 1. The lowest BCUT2D eigenvalue weighted by molar-refractivity contribution is 0.115. The SMILES string of the molecule is CCc1nc(CCNC(=NC)N(C)CCOCC2CC2)sc1C.I. The van der Waals surface area contributed by atoms with E-state index in [1.165, 1.54) is 28.4 Å². The number of guanidine groups is 1. The largest absolute Gasteiger partial charge is 0.379 e. The highest BCUT2D eigenvalue weighted by Crippen LogP contribution is 2.28. The number of hydrogen-bond donors (Lipinski definition) is 1. The Morgan fingerprint density at radius 2 is 2.21 bits per heavy atom. The first-order valence-corrected chi connectivity index (χ1v) is 9.40. The molecular formula is C17H31IN4OS. The monoisotopic (exact) mass is 466 g/mol. The number of nitrogens with one attached hydrogen (secondary N) is 1. The van der Waals surface area contributed by atoms with Gasteiger partial charge in [0, 0.05) is 45.1 Å². The molecule has 24 heavy (non-hydrogen) atoms. The van der Waals surface area contributed by atoms with Crippen LogP contribution < -0.4 is 5.32 Å². The van der Waals surface area contributed by atoms with Crippen molar-refractivity contribution in [1.82, 2.24) is 15.2 Å². The van der Waals surface area contributed by atoms with Crippen LogP contribution in [0.2, 0.25) is 0 Å². The van der Waals surface area contributed by atoms with Gasteiger partial charge in [-0.2, -0.15) is 0 Å². The average molecular weight is 466 g/mol. The van der Waals surface area contributed by atoms with Crippen molar-refractivity contribution >= 4 is 41.3 Å². The minimum Gasteiger partial charge on any atom is -0.379 e. The Hall–Kier alpha value is -0.410. The Morgan fingerprint density at radius 1 is 1.46 bits per heavy atom. The van der Waals surface area contributed by atoms with Gasteiger partial charge in [-0.1, -0.05) is 6.92 Å². The summed E-state index contributed by atoms with van der Waals surface area (Å²) >= 11 is 1.81. The molecule has 1 saturated carbocycles. The third-order valence-electron chi connectivity index (χ3n) is 4.09. The number of aliphatic imine (C=N–C) groups is 1. The van der Waals surface area contributed by atoms with Crippen LogP contribution in [0, 0.1) is 12.8 Å². The molecule has 1 aromatic rings. The molecule has 0 atom stereocenters. The Labute approximate surface area is 167 Å². The van der Waals surface area contributed by atoms with Crippen molar-refractivity contribution < 1.29 is 4.74 Å². The highest BCUT2D eigenvalue weighted by molar-refractivity contribution is 14.0. The third-order valence-corrected chi connectivity index (χ3v) is 5.16. The van der Waals surface area contributed by atoms with Gasteiger partial charge < -0.3 is 15.0 Å². The molecule has 1 fully saturated rings. The van der Waals surface area contributed by atoms with Crippen molar-refractivity contribution in [3.8, 4) is 0 Å². The number of halogens is 1. The van der Waals surface area contributed by atoms with Crippen molar-refractivity contribution in [2.24, 2.45) is 10.9 Å². The molecule has 0 saturated heterocycles. The molecule has 0 bridgehead atoms. The standard InChI is InChI=1S/C17H30N4OS.HI/c1-5-15-13(2)23-16(20-15)8-9-19-17(18-3)21(4)10-11-22-12-14-6-7-14;/h14H,5-12H2,1-4H3,(H,18,19);1H. The number of rotatable bonds is 9. The van der Waals surface area contributed by atoms with Crippen molar-refractivity contribution in [3.05, 3.63) is 15.6 Å². The molecule has 1 N–H and O–H groups in total. The summed E-state index contributed by atoms with van der Waals surface area (Å²) < 4.78 is 5.69. The summed E-state index contributed by atoms with van der Waals surface area (Å²) in [6.07, 6.45) is 4.64. The van der Waals surface area contributed by atoms with Crippen LogP contribution in [0.25, 0.3) is 0 Å². The fourth-order valence-electron chi connectivity index (χ4n) is 2.43. The highest BCUT2D eigenvalue weighted by atomic mass is 127. The molecule has 0 unspecified atom stereocenters. The van der Waals surface area contributed by atoms with E-state index in [4.69, 9.17) is 4.74 Å². The average Bonchev–Trinajstić information content (AvgIpc) is 3.30. The molecule has 0 radical (unpaired) electrons. The molecule has 0 spiro atoms. The zero-order valence-electron chi connectivity index (χ0n) is 15.3. The molecule has 1 heterocycles. The second kappa shape index (κ2) is 11.3.